The highest BCUT2D eigenvalue weighted by molar-refractivity contribution is 7.16. The van der Waals surface area contributed by atoms with Crippen LogP contribution in [0, 0.1) is 20.8 Å². The summed E-state index contributed by atoms with van der Waals surface area (Å²) in [5.74, 6) is -0.801. The van der Waals surface area contributed by atoms with Crippen LogP contribution in [0.1, 0.15) is 34.4 Å². The Morgan fingerprint density at radius 1 is 1.22 bits per heavy atom. The maximum atomic E-state index is 11.3. The van der Waals surface area contributed by atoms with Gasteiger partial charge in [-0.25, -0.2) is 4.98 Å². The Balaban J connectivity index is 2.11. The van der Waals surface area contributed by atoms with Gasteiger partial charge in [0.1, 0.15) is 0 Å². The molecule has 4 nitrogen and oxygen atoms in total. The fourth-order valence-corrected chi connectivity index (χ4v) is 4.50. The summed E-state index contributed by atoms with van der Waals surface area (Å²) in [5.41, 5.74) is 5.49. The van der Waals surface area contributed by atoms with Crippen LogP contribution >= 0.6 is 11.3 Å². The molecule has 122 valence electrons. The first-order valence-electron chi connectivity index (χ1n) is 8.00. The van der Waals surface area contributed by atoms with E-state index in [1.165, 1.54) is 29.7 Å². The molecule has 0 aliphatic carbocycles. The number of carboxylic acids is 1. The van der Waals surface area contributed by atoms with Gasteiger partial charge in [0.05, 0.1) is 12.1 Å². The van der Waals surface area contributed by atoms with Gasteiger partial charge in [0.15, 0.2) is 5.13 Å². The predicted octanol–water partition coefficient (Wildman–Crippen LogP) is 3.96. The Labute approximate surface area is 140 Å². The Bertz CT molecular complexity index is 722. The van der Waals surface area contributed by atoms with Crippen molar-refractivity contribution in [1.29, 1.82) is 0 Å². The van der Waals surface area contributed by atoms with Crippen LogP contribution in [-0.4, -0.2) is 29.1 Å². The van der Waals surface area contributed by atoms with Crippen LogP contribution in [0.2, 0.25) is 0 Å². The topological polar surface area (TPSA) is 53.4 Å². The lowest BCUT2D eigenvalue weighted by molar-refractivity contribution is -0.136. The largest absolute Gasteiger partial charge is 0.481 e. The van der Waals surface area contributed by atoms with Crippen molar-refractivity contribution in [2.24, 2.45) is 0 Å². The van der Waals surface area contributed by atoms with Gasteiger partial charge in [-0.05, 0) is 44.7 Å². The van der Waals surface area contributed by atoms with Gasteiger partial charge in [-0.2, -0.15) is 0 Å². The van der Waals surface area contributed by atoms with E-state index in [0.29, 0.717) is 0 Å². The molecule has 0 amide bonds. The fraction of sp³-hybridized carbons (Fsp3) is 0.444. The molecular weight excluding hydrogens is 308 g/mol. The number of rotatable bonds is 4. The average molecular weight is 330 g/mol. The first-order chi connectivity index (χ1) is 11.0. The number of benzene rings is 1. The second kappa shape index (κ2) is 6.32. The number of nitrogens with zero attached hydrogens (tertiary/aromatic N) is 2. The van der Waals surface area contributed by atoms with Crippen molar-refractivity contribution in [2.45, 2.75) is 40.0 Å². The second-order valence-electron chi connectivity index (χ2n) is 6.31. The zero-order chi connectivity index (χ0) is 16.6. The second-order valence-corrected chi connectivity index (χ2v) is 7.37. The summed E-state index contributed by atoms with van der Waals surface area (Å²) in [5, 5.41) is 10.2. The van der Waals surface area contributed by atoms with Crippen molar-refractivity contribution >= 4 is 22.4 Å². The van der Waals surface area contributed by atoms with Gasteiger partial charge in [0, 0.05) is 23.5 Å². The van der Waals surface area contributed by atoms with Gasteiger partial charge in [-0.15, -0.1) is 11.3 Å². The summed E-state index contributed by atoms with van der Waals surface area (Å²) in [6.07, 6.45) is 2.41. The maximum Gasteiger partial charge on any atom is 0.308 e. The van der Waals surface area contributed by atoms with Gasteiger partial charge in [0.25, 0.3) is 0 Å². The van der Waals surface area contributed by atoms with Crippen molar-refractivity contribution < 1.29 is 9.90 Å². The molecule has 1 saturated heterocycles. The summed E-state index contributed by atoms with van der Waals surface area (Å²) in [6, 6.07) is 4.28. The molecule has 23 heavy (non-hydrogen) atoms. The van der Waals surface area contributed by atoms with Crippen LogP contribution in [-0.2, 0) is 11.2 Å². The lowest BCUT2D eigenvalue weighted by Gasteiger charge is -2.13. The van der Waals surface area contributed by atoms with Crippen molar-refractivity contribution in [2.75, 3.05) is 18.0 Å². The number of aromatic nitrogens is 1. The molecule has 0 atom stereocenters. The quantitative estimate of drug-likeness (QED) is 0.922. The Kier molecular flexibility index (Phi) is 4.39. The third kappa shape index (κ3) is 3.24. The van der Waals surface area contributed by atoms with E-state index < -0.39 is 5.97 Å². The predicted molar refractivity (Wildman–Crippen MR) is 94.5 cm³/mol. The van der Waals surface area contributed by atoms with E-state index in [9.17, 15) is 9.90 Å². The molecule has 5 heteroatoms. The number of carbonyl (C=O) groups is 1. The molecule has 0 bridgehead atoms. The molecule has 0 spiro atoms. The zero-order valence-corrected chi connectivity index (χ0v) is 14.7. The van der Waals surface area contributed by atoms with Crippen molar-refractivity contribution in [1.82, 2.24) is 4.98 Å². The van der Waals surface area contributed by atoms with Crippen LogP contribution in [0.4, 0.5) is 5.13 Å². The zero-order valence-electron chi connectivity index (χ0n) is 13.8. The summed E-state index contributed by atoms with van der Waals surface area (Å²) in [6.45, 7) is 8.28. The van der Waals surface area contributed by atoms with E-state index in [4.69, 9.17) is 4.98 Å². The van der Waals surface area contributed by atoms with E-state index in [0.717, 1.165) is 45.5 Å². The number of hydrogen-bond donors (Lipinski definition) is 1. The van der Waals surface area contributed by atoms with Gasteiger partial charge in [0.2, 0.25) is 0 Å². The fourth-order valence-electron chi connectivity index (χ4n) is 3.39. The number of hydrogen-bond acceptors (Lipinski definition) is 4. The van der Waals surface area contributed by atoms with Crippen LogP contribution in [0.3, 0.4) is 0 Å². The first-order valence-corrected chi connectivity index (χ1v) is 8.82. The standard InChI is InChI=1S/C18H22N2O2S/c1-11-8-12(2)16(13(3)9-11)17-14(10-15(21)22)23-18(19-17)20-6-4-5-7-20/h8-9H,4-7,10H2,1-3H3,(H,21,22). The molecule has 1 N–H and O–H groups in total. The number of thiazole rings is 1. The van der Waals surface area contributed by atoms with Crippen molar-refractivity contribution in [3.05, 3.63) is 33.7 Å². The number of aryl methyl sites for hydroxylation is 3. The molecule has 1 aromatic carbocycles. The summed E-state index contributed by atoms with van der Waals surface area (Å²) < 4.78 is 0. The van der Waals surface area contributed by atoms with Crippen LogP contribution in [0.5, 0.6) is 0 Å². The van der Waals surface area contributed by atoms with Crippen LogP contribution in [0.25, 0.3) is 11.3 Å². The first kappa shape index (κ1) is 16.0. The highest BCUT2D eigenvalue weighted by Gasteiger charge is 2.23. The lowest BCUT2D eigenvalue weighted by atomic mass is 9.96. The van der Waals surface area contributed by atoms with Gasteiger partial charge in [-0.1, -0.05) is 17.7 Å². The molecular formula is C18H22N2O2S. The highest BCUT2D eigenvalue weighted by atomic mass is 32.1. The smallest absolute Gasteiger partial charge is 0.308 e. The Hall–Kier alpha value is -1.88. The minimum atomic E-state index is -0.801. The monoisotopic (exact) mass is 330 g/mol. The molecule has 2 heterocycles. The molecule has 2 aromatic rings. The number of anilines is 1. The summed E-state index contributed by atoms with van der Waals surface area (Å²) >= 11 is 1.54. The van der Waals surface area contributed by atoms with E-state index in [1.807, 2.05) is 0 Å². The molecule has 1 aliphatic rings. The van der Waals surface area contributed by atoms with Crippen molar-refractivity contribution in [3.63, 3.8) is 0 Å². The minimum Gasteiger partial charge on any atom is -0.481 e. The normalized spacial score (nSPS) is 14.5. The average Bonchev–Trinajstić information content (AvgIpc) is 3.07. The molecule has 0 radical (unpaired) electrons. The third-order valence-electron chi connectivity index (χ3n) is 4.29. The third-order valence-corrected chi connectivity index (χ3v) is 5.40. The van der Waals surface area contributed by atoms with Crippen LogP contribution < -0.4 is 4.90 Å². The Morgan fingerprint density at radius 2 is 1.83 bits per heavy atom. The van der Waals surface area contributed by atoms with Gasteiger partial charge >= 0.3 is 5.97 Å². The minimum absolute atomic E-state index is 0.0353. The lowest BCUT2D eigenvalue weighted by Crippen LogP contribution is -2.17. The summed E-state index contributed by atoms with van der Waals surface area (Å²) in [4.78, 5) is 19.3. The van der Waals surface area contributed by atoms with Crippen LogP contribution in [0.15, 0.2) is 12.1 Å². The number of carboxylic acid groups (broad SMARTS) is 1. The SMILES string of the molecule is Cc1cc(C)c(-c2nc(N3CCCC3)sc2CC(=O)O)c(C)c1. The molecule has 0 unspecified atom stereocenters. The molecule has 3 rings (SSSR count). The summed E-state index contributed by atoms with van der Waals surface area (Å²) in [7, 11) is 0. The molecule has 1 fully saturated rings. The van der Waals surface area contributed by atoms with Gasteiger partial charge < -0.3 is 10.0 Å². The van der Waals surface area contributed by atoms with E-state index in [1.54, 1.807) is 0 Å². The molecule has 1 aromatic heterocycles. The van der Waals surface area contributed by atoms with Gasteiger partial charge in [-0.3, -0.25) is 4.79 Å². The molecule has 1 aliphatic heterocycles. The maximum absolute atomic E-state index is 11.3. The van der Waals surface area contributed by atoms with E-state index in [-0.39, 0.29) is 6.42 Å². The number of aliphatic carboxylic acids is 1. The molecule has 0 saturated carbocycles. The highest BCUT2D eigenvalue weighted by Crippen LogP contribution is 2.38. The Morgan fingerprint density at radius 3 is 2.39 bits per heavy atom. The van der Waals surface area contributed by atoms with Crippen molar-refractivity contribution in [3.8, 4) is 11.3 Å². The van der Waals surface area contributed by atoms with E-state index in [2.05, 4.69) is 37.8 Å². The van der Waals surface area contributed by atoms with E-state index >= 15 is 0 Å².